The highest BCUT2D eigenvalue weighted by Crippen LogP contribution is 2.33. The summed E-state index contributed by atoms with van der Waals surface area (Å²) < 4.78 is 7.44. The van der Waals surface area contributed by atoms with Crippen molar-refractivity contribution in [1.82, 2.24) is 9.55 Å². The van der Waals surface area contributed by atoms with Crippen molar-refractivity contribution < 1.29 is 4.74 Å². The molecule has 0 aliphatic carbocycles. The van der Waals surface area contributed by atoms with Crippen molar-refractivity contribution in [3.05, 3.63) is 48.2 Å². The number of methoxy groups -OCH3 is 1. The van der Waals surface area contributed by atoms with Crippen molar-refractivity contribution in [2.45, 2.75) is 6.42 Å². The van der Waals surface area contributed by atoms with Crippen molar-refractivity contribution in [1.29, 1.82) is 0 Å². The molecule has 1 aromatic carbocycles. The molecule has 2 heterocycles. The standard InChI is InChI=1S/C17H19N3O/c1-20-16(12-6-4-3-5-7-12)14(8-9-18)15-10-13(21-2)11-19-17(15)20/h3-7,10-11H,8-9,18H2,1-2H3. The minimum atomic E-state index is 0.607. The minimum absolute atomic E-state index is 0.607. The second kappa shape index (κ2) is 5.58. The van der Waals surface area contributed by atoms with E-state index in [9.17, 15) is 0 Å². The van der Waals surface area contributed by atoms with Gasteiger partial charge in [-0.1, -0.05) is 30.3 Å². The molecule has 21 heavy (non-hydrogen) atoms. The summed E-state index contributed by atoms with van der Waals surface area (Å²) >= 11 is 0. The third kappa shape index (κ3) is 2.28. The number of fused-ring (bicyclic) bond motifs is 1. The first-order chi connectivity index (χ1) is 10.3. The molecule has 3 aromatic rings. The van der Waals surface area contributed by atoms with Crippen molar-refractivity contribution >= 4 is 11.0 Å². The molecule has 0 spiro atoms. The number of benzene rings is 1. The number of pyridine rings is 1. The number of ether oxygens (including phenoxy) is 1. The zero-order valence-corrected chi connectivity index (χ0v) is 12.3. The Morgan fingerprint density at radius 3 is 2.67 bits per heavy atom. The zero-order chi connectivity index (χ0) is 14.8. The van der Waals surface area contributed by atoms with Crippen molar-refractivity contribution in [2.24, 2.45) is 12.8 Å². The topological polar surface area (TPSA) is 53.1 Å². The Bertz CT molecular complexity index is 763. The molecule has 0 aliphatic rings. The van der Waals surface area contributed by atoms with Crippen molar-refractivity contribution in [3.8, 4) is 17.0 Å². The van der Waals surface area contributed by atoms with Crippen LogP contribution in [0.4, 0.5) is 0 Å². The Labute approximate surface area is 124 Å². The number of nitrogens with two attached hydrogens (primary N) is 1. The lowest BCUT2D eigenvalue weighted by Crippen LogP contribution is -2.04. The molecule has 2 aromatic heterocycles. The molecule has 0 bridgehead atoms. The monoisotopic (exact) mass is 281 g/mol. The summed E-state index contributed by atoms with van der Waals surface area (Å²) in [6.07, 6.45) is 2.57. The predicted molar refractivity (Wildman–Crippen MR) is 85.5 cm³/mol. The highest BCUT2D eigenvalue weighted by atomic mass is 16.5. The van der Waals surface area contributed by atoms with Crippen LogP contribution in [0, 0.1) is 0 Å². The summed E-state index contributed by atoms with van der Waals surface area (Å²) in [5.74, 6) is 0.769. The lowest BCUT2D eigenvalue weighted by molar-refractivity contribution is 0.413. The summed E-state index contributed by atoms with van der Waals surface area (Å²) in [7, 11) is 3.71. The van der Waals surface area contributed by atoms with Gasteiger partial charge >= 0.3 is 0 Å². The molecule has 4 heteroatoms. The number of aryl methyl sites for hydroxylation is 1. The number of hydrogen-bond acceptors (Lipinski definition) is 3. The molecule has 0 radical (unpaired) electrons. The lowest BCUT2D eigenvalue weighted by Gasteiger charge is -2.07. The van der Waals surface area contributed by atoms with Crippen LogP contribution in [0.1, 0.15) is 5.56 Å². The van der Waals surface area contributed by atoms with Crippen LogP contribution in [0.2, 0.25) is 0 Å². The van der Waals surface area contributed by atoms with E-state index in [4.69, 9.17) is 10.5 Å². The van der Waals surface area contributed by atoms with Gasteiger partial charge in [0, 0.05) is 12.4 Å². The Kier molecular flexibility index (Phi) is 3.62. The van der Waals surface area contributed by atoms with Crippen LogP contribution in [-0.4, -0.2) is 23.2 Å². The van der Waals surface area contributed by atoms with E-state index in [0.29, 0.717) is 6.54 Å². The molecule has 3 rings (SSSR count). The second-order valence-corrected chi connectivity index (χ2v) is 5.04. The Balaban J connectivity index is 2.32. The van der Waals surface area contributed by atoms with Gasteiger partial charge in [-0.15, -0.1) is 0 Å². The van der Waals surface area contributed by atoms with Gasteiger partial charge < -0.3 is 15.0 Å². The first-order valence-corrected chi connectivity index (χ1v) is 7.03. The third-order valence-corrected chi connectivity index (χ3v) is 3.78. The normalized spacial score (nSPS) is 11.0. The van der Waals surface area contributed by atoms with Gasteiger partial charge in [-0.3, -0.25) is 0 Å². The van der Waals surface area contributed by atoms with Crippen LogP contribution in [0.3, 0.4) is 0 Å². The number of hydrogen-bond donors (Lipinski definition) is 1. The molecule has 2 N–H and O–H groups in total. The maximum Gasteiger partial charge on any atom is 0.140 e. The van der Waals surface area contributed by atoms with Crippen LogP contribution in [-0.2, 0) is 13.5 Å². The molecular weight excluding hydrogens is 262 g/mol. The second-order valence-electron chi connectivity index (χ2n) is 5.04. The van der Waals surface area contributed by atoms with Crippen LogP contribution < -0.4 is 10.5 Å². The van der Waals surface area contributed by atoms with Gasteiger partial charge in [0.2, 0.25) is 0 Å². The number of aromatic nitrogens is 2. The summed E-state index contributed by atoms with van der Waals surface area (Å²) in [6.45, 7) is 0.607. The molecule has 108 valence electrons. The van der Waals surface area contributed by atoms with Crippen molar-refractivity contribution in [2.75, 3.05) is 13.7 Å². The Morgan fingerprint density at radius 2 is 2.00 bits per heavy atom. The van der Waals surface area contributed by atoms with Crippen LogP contribution in [0.25, 0.3) is 22.3 Å². The summed E-state index contributed by atoms with van der Waals surface area (Å²) in [4.78, 5) is 4.54. The summed E-state index contributed by atoms with van der Waals surface area (Å²) in [6, 6.07) is 12.4. The van der Waals surface area contributed by atoms with Crippen molar-refractivity contribution in [3.63, 3.8) is 0 Å². The number of rotatable bonds is 4. The molecule has 0 aliphatic heterocycles. The van der Waals surface area contributed by atoms with E-state index < -0.39 is 0 Å². The summed E-state index contributed by atoms with van der Waals surface area (Å²) in [5, 5.41) is 1.11. The fourth-order valence-electron chi connectivity index (χ4n) is 2.84. The first-order valence-electron chi connectivity index (χ1n) is 7.03. The lowest BCUT2D eigenvalue weighted by atomic mass is 10.0. The van der Waals surface area contributed by atoms with E-state index in [0.717, 1.165) is 23.2 Å². The molecule has 0 unspecified atom stereocenters. The average molecular weight is 281 g/mol. The van der Waals surface area contributed by atoms with Gasteiger partial charge in [0.1, 0.15) is 11.4 Å². The van der Waals surface area contributed by atoms with E-state index in [1.807, 2.05) is 31.3 Å². The largest absolute Gasteiger partial charge is 0.495 e. The quantitative estimate of drug-likeness (QED) is 0.800. The van der Waals surface area contributed by atoms with Gasteiger partial charge in [-0.05, 0) is 30.2 Å². The van der Waals surface area contributed by atoms with Crippen LogP contribution in [0.5, 0.6) is 5.75 Å². The maximum absolute atomic E-state index is 5.82. The molecule has 0 saturated heterocycles. The zero-order valence-electron chi connectivity index (χ0n) is 12.3. The van der Waals surface area contributed by atoms with E-state index in [-0.39, 0.29) is 0 Å². The van der Waals surface area contributed by atoms with E-state index in [1.165, 1.54) is 16.8 Å². The van der Waals surface area contributed by atoms with Crippen LogP contribution >= 0.6 is 0 Å². The Hall–Kier alpha value is -2.33. The maximum atomic E-state index is 5.82. The van der Waals surface area contributed by atoms with E-state index >= 15 is 0 Å². The predicted octanol–water partition coefficient (Wildman–Crippen LogP) is 2.75. The first kappa shape index (κ1) is 13.6. The van der Waals surface area contributed by atoms with E-state index in [2.05, 4.69) is 21.7 Å². The Morgan fingerprint density at radius 1 is 1.24 bits per heavy atom. The fraction of sp³-hybridized carbons (Fsp3) is 0.235. The van der Waals surface area contributed by atoms with Gasteiger partial charge in [0.15, 0.2) is 0 Å². The smallest absolute Gasteiger partial charge is 0.140 e. The molecule has 0 fully saturated rings. The fourth-order valence-corrected chi connectivity index (χ4v) is 2.84. The van der Waals surface area contributed by atoms with Crippen LogP contribution in [0.15, 0.2) is 42.6 Å². The SMILES string of the molecule is COc1cnc2c(c1)c(CCN)c(-c1ccccc1)n2C. The third-order valence-electron chi connectivity index (χ3n) is 3.78. The van der Waals surface area contributed by atoms with E-state index in [1.54, 1.807) is 13.3 Å². The molecule has 4 nitrogen and oxygen atoms in total. The van der Waals surface area contributed by atoms with Gasteiger partial charge in [0.25, 0.3) is 0 Å². The van der Waals surface area contributed by atoms with Gasteiger partial charge in [-0.25, -0.2) is 4.98 Å². The van der Waals surface area contributed by atoms with Gasteiger partial charge in [-0.2, -0.15) is 0 Å². The summed E-state index contributed by atoms with van der Waals surface area (Å²) in [5.41, 5.74) is 10.4. The molecule has 0 amide bonds. The number of nitrogens with zero attached hydrogens (tertiary/aromatic N) is 2. The molecule has 0 saturated carbocycles. The molecular formula is C17H19N3O. The molecule has 0 atom stereocenters. The van der Waals surface area contributed by atoms with Gasteiger partial charge in [0.05, 0.1) is 19.0 Å². The highest BCUT2D eigenvalue weighted by molar-refractivity contribution is 5.90. The highest BCUT2D eigenvalue weighted by Gasteiger charge is 2.17. The average Bonchev–Trinajstić information content (AvgIpc) is 2.80. The minimum Gasteiger partial charge on any atom is -0.495 e.